The zero-order chi connectivity index (χ0) is 10.9. The van der Waals surface area contributed by atoms with Gasteiger partial charge in [0, 0.05) is 24.7 Å². The third kappa shape index (κ3) is 2.48. The quantitative estimate of drug-likeness (QED) is 0.731. The molecule has 2 unspecified atom stereocenters. The highest BCUT2D eigenvalue weighted by atomic mass is 15.2. The number of likely N-dealkylation sites (N-methyl/N-ethyl adjacent to an activating group) is 1. The van der Waals surface area contributed by atoms with E-state index in [-0.39, 0.29) is 0 Å². The van der Waals surface area contributed by atoms with Gasteiger partial charge < -0.3 is 5.32 Å². The third-order valence-corrected chi connectivity index (χ3v) is 3.98. The molecule has 1 aliphatic rings. The van der Waals surface area contributed by atoms with Crippen LogP contribution in [0.25, 0.3) is 0 Å². The fraction of sp³-hybridized carbons (Fsp3) is 1.00. The molecule has 0 amide bonds. The number of piperidine rings is 1. The molecule has 0 bridgehead atoms. The van der Waals surface area contributed by atoms with E-state index in [2.05, 4.69) is 51.9 Å². The first-order valence-corrected chi connectivity index (χ1v) is 5.80. The summed E-state index contributed by atoms with van der Waals surface area (Å²) in [5.74, 6) is 0. The molecule has 1 saturated heterocycles. The highest BCUT2D eigenvalue weighted by Crippen LogP contribution is 2.31. The van der Waals surface area contributed by atoms with Gasteiger partial charge in [-0.25, -0.2) is 0 Å². The van der Waals surface area contributed by atoms with Crippen molar-refractivity contribution >= 4 is 0 Å². The van der Waals surface area contributed by atoms with Crippen molar-refractivity contribution in [2.24, 2.45) is 5.41 Å². The largest absolute Gasteiger partial charge is 0.312 e. The topological polar surface area (TPSA) is 15.3 Å². The summed E-state index contributed by atoms with van der Waals surface area (Å²) in [6.07, 6.45) is 1.30. The molecule has 2 heteroatoms. The highest BCUT2D eigenvalue weighted by Gasteiger charge is 2.35. The van der Waals surface area contributed by atoms with E-state index in [1.165, 1.54) is 6.42 Å². The van der Waals surface area contributed by atoms with Crippen LogP contribution < -0.4 is 5.32 Å². The van der Waals surface area contributed by atoms with Crippen molar-refractivity contribution in [3.05, 3.63) is 0 Å². The molecule has 0 aliphatic carbocycles. The predicted molar refractivity (Wildman–Crippen MR) is 62.5 cm³/mol. The molecule has 0 radical (unpaired) electrons. The molecule has 0 aromatic heterocycles. The molecular formula is C12H26N2. The number of nitrogens with one attached hydrogen (secondary N) is 1. The van der Waals surface area contributed by atoms with Gasteiger partial charge in [0.05, 0.1) is 0 Å². The van der Waals surface area contributed by atoms with Crippen molar-refractivity contribution in [3.8, 4) is 0 Å². The van der Waals surface area contributed by atoms with Crippen LogP contribution in [0.5, 0.6) is 0 Å². The average molecular weight is 198 g/mol. The van der Waals surface area contributed by atoms with E-state index in [1.54, 1.807) is 0 Å². The van der Waals surface area contributed by atoms with E-state index in [9.17, 15) is 0 Å². The molecule has 0 aromatic carbocycles. The molecule has 2 nitrogen and oxygen atoms in total. The smallest absolute Gasteiger partial charge is 0.0226 e. The van der Waals surface area contributed by atoms with Crippen LogP contribution in [-0.4, -0.2) is 36.6 Å². The summed E-state index contributed by atoms with van der Waals surface area (Å²) < 4.78 is 0. The summed E-state index contributed by atoms with van der Waals surface area (Å²) in [7, 11) is 2.24. The van der Waals surface area contributed by atoms with Crippen LogP contribution in [0.4, 0.5) is 0 Å². The zero-order valence-electron chi connectivity index (χ0n) is 10.6. The van der Waals surface area contributed by atoms with Gasteiger partial charge in [-0.05, 0) is 39.7 Å². The Morgan fingerprint density at radius 2 is 1.93 bits per heavy atom. The van der Waals surface area contributed by atoms with Gasteiger partial charge in [0.1, 0.15) is 0 Å². The molecular weight excluding hydrogens is 172 g/mol. The third-order valence-electron chi connectivity index (χ3n) is 3.98. The standard InChI is InChI=1S/C12H26N2/c1-9(2)14(6)11-7-12(4,5)10(3)13-8-11/h9-11,13H,7-8H2,1-6H3. The second-order valence-corrected chi connectivity index (χ2v) is 5.74. The van der Waals surface area contributed by atoms with Gasteiger partial charge in [0.2, 0.25) is 0 Å². The molecule has 84 valence electrons. The first-order valence-electron chi connectivity index (χ1n) is 5.80. The lowest BCUT2D eigenvalue weighted by Crippen LogP contribution is -2.56. The summed E-state index contributed by atoms with van der Waals surface area (Å²) in [4.78, 5) is 2.49. The number of hydrogen-bond donors (Lipinski definition) is 1. The monoisotopic (exact) mass is 198 g/mol. The fourth-order valence-electron chi connectivity index (χ4n) is 2.15. The van der Waals surface area contributed by atoms with Crippen LogP contribution in [0.2, 0.25) is 0 Å². The van der Waals surface area contributed by atoms with E-state index in [1.807, 2.05) is 0 Å². The van der Waals surface area contributed by atoms with Crippen molar-refractivity contribution in [1.29, 1.82) is 0 Å². The number of rotatable bonds is 2. The van der Waals surface area contributed by atoms with Crippen LogP contribution in [0.15, 0.2) is 0 Å². The summed E-state index contributed by atoms with van der Waals surface area (Å²) in [6.45, 7) is 12.7. The van der Waals surface area contributed by atoms with Gasteiger partial charge in [0.25, 0.3) is 0 Å². The summed E-state index contributed by atoms with van der Waals surface area (Å²) >= 11 is 0. The Hall–Kier alpha value is -0.0800. The van der Waals surface area contributed by atoms with Crippen LogP contribution in [0.3, 0.4) is 0 Å². The number of nitrogens with zero attached hydrogens (tertiary/aromatic N) is 1. The molecule has 1 heterocycles. The second-order valence-electron chi connectivity index (χ2n) is 5.74. The van der Waals surface area contributed by atoms with Crippen molar-refractivity contribution in [3.63, 3.8) is 0 Å². The first kappa shape index (κ1) is 12.0. The maximum Gasteiger partial charge on any atom is 0.0226 e. The maximum absolute atomic E-state index is 3.62. The maximum atomic E-state index is 3.62. The Bertz CT molecular complexity index is 187. The summed E-state index contributed by atoms with van der Waals surface area (Å²) in [5, 5.41) is 3.62. The van der Waals surface area contributed by atoms with E-state index in [0.29, 0.717) is 23.5 Å². The Balaban J connectivity index is 2.59. The molecule has 0 spiro atoms. The Labute approximate surface area is 89.1 Å². The molecule has 14 heavy (non-hydrogen) atoms. The number of hydrogen-bond acceptors (Lipinski definition) is 2. The Kier molecular flexibility index (Phi) is 3.59. The minimum atomic E-state index is 0.423. The van der Waals surface area contributed by atoms with Crippen molar-refractivity contribution in [2.45, 2.75) is 59.2 Å². The summed E-state index contributed by atoms with van der Waals surface area (Å²) in [5.41, 5.74) is 0.423. The zero-order valence-corrected chi connectivity index (χ0v) is 10.6. The molecule has 2 atom stereocenters. The molecule has 1 N–H and O–H groups in total. The van der Waals surface area contributed by atoms with Crippen molar-refractivity contribution in [2.75, 3.05) is 13.6 Å². The van der Waals surface area contributed by atoms with E-state index >= 15 is 0 Å². The predicted octanol–water partition coefficient (Wildman–Crippen LogP) is 2.10. The summed E-state index contributed by atoms with van der Waals surface area (Å²) in [6, 6.07) is 1.98. The molecule has 0 saturated carbocycles. The second kappa shape index (κ2) is 4.19. The Morgan fingerprint density at radius 3 is 2.36 bits per heavy atom. The molecule has 1 fully saturated rings. The molecule has 0 aromatic rings. The van der Waals surface area contributed by atoms with Gasteiger partial charge in [-0.3, -0.25) is 4.90 Å². The Morgan fingerprint density at radius 1 is 1.36 bits per heavy atom. The molecule has 1 rings (SSSR count). The van der Waals surface area contributed by atoms with E-state index in [0.717, 1.165) is 6.54 Å². The van der Waals surface area contributed by atoms with Gasteiger partial charge in [0.15, 0.2) is 0 Å². The van der Waals surface area contributed by atoms with Gasteiger partial charge in [-0.1, -0.05) is 13.8 Å². The normalized spacial score (nSPS) is 32.6. The average Bonchev–Trinajstić information content (AvgIpc) is 2.08. The minimum absolute atomic E-state index is 0.423. The van der Waals surface area contributed by atoms with Crippen molar-refractivity contribution < 1.29 is 0 Å². The van der Waals surface area contributed by atoms with Gasteiger partial charge in [-0.15, -0.1) is 0 Å². The highest BCUT2D eigenvalue weighted by molar-refractivity contribution is 4.92. The van der Waals surface area contributed by atoms with Crippen LogP contribution >= 0.6 is 0 Å². The SMILES string of the molecule is CC(C)N(C)C1CNC(C)C(C)(C)C1. The lowest BCUT2D eigenvalue weighted by Gasteiger charge is -2.45. The van der Waals surface area contributed by atoms with Crippen LogP contribution in [0, 0.1) is 5.41 Å². The van der Waals surface area contributed by atoms with E-state index in [4.69, 9.17) is 0 Å². The lowest BCUT2D eigenvalue weighted by atomic mass is 9.76. The van der Waals surface area contributed by atoms with E-state index < -0.39 is 0 Å². The fourth-order valence-corrected chi connectivity index (χ4v) is 2.15. The van der Waals surface area contributed by atoms with Crippen molar-refractivity contribution in [1.82, 2.24) is 10.2 Å². The van der Waals surface area contributed by atoms with Gasteiger partial charge >= 0.3 is 0 Å². The van der Waals surface area contributed by atoms with Crippen LogP contribution in [0.1, 0.15) is 41.0 Å². The van der Waals surface area contributed by atoms with Crippen LogP contribution in [-0.2, 0) is 0 Å². The lowest BCUT2D eigenvalue weighted by molar-refractivity contribution is 0.0786. The van der Waals surface area contributed by atoms with Gasteiger partial charge in [-0.2, -0.15) is 0 Å². The minimum Gasteiger partial charge on any atom is -0.312 e. The molecule has 1 aliphatic heterocycles. The first-order chi connectivity index (χ1) is 6.34.